The molecule has 1 aliphatic heterocycles. The number of nitrogens with two attached hydrogens (primary N) is 1. The Labute approximate surface area is 101 Å². The van der Waals surface area contributed by atoms with Crippen molar-refractivity contribution in [1.82, 2.24) is 4.98 Å². The summed E-state index contributed by atoms with van der Waals surface area (Å²) in [5, 5.41) is 0. The summed E-state index contributed by atoms with van der Waals surface area (Å²) in [6.07, 6.45) is 3.33. The highest BCUT2D eigenvalue weighted by Gasteiger charge is 2.46. The van der Waals surface area contributed by atoms with Crippen LogP contribution in [0.5, 0.6) is 0 Å². The van der Waals surface area contributed by atoms with Crippen molar-refractivity contribution in [3.63, 3.8) is 0 Å². The molecule has 1 aromatic heterocycles. The fraction of sp³-hybridized carbons (Fsp3) is 0.500. The summed E-state index contributed by atoms with van der Waals surface area (Å²) >= 11 is 0. The number of rotatable bonds is 2. The molecule has 1 saturated heterocycles. The van der Waals surface area contributed by atoms with Gasteiger partial charge in [-0.05, 0) is 19.1 Å². The molecule has 2 N–H and O–H groups in total. The number of carbonyl (C=O) groups is 1. The molecule has 0 bridgehead atoms. The normalized spacial score (nSPS) is 28.1. The number of hydrogen-bond acceptors (Lipinski definition) is 4. The zero-order valence-corrected chi connectivity index (χ0v) is 10.1. The largest absolute Gasteiger partial charge is 0.379 e. The second-order valence-electron chi connectivity index (χ2n) is 4.61. The van der Waals surface area contributed by atoms with Gasteiger partial charge in [-0.1, -0.05) is 0 Å². The van der Waals surface area contributed by atoms with Crippen LogP contribution in [0.15, 0.2) is 24.5 Å². The van der Waals surface area contributed by atoms with Crippen LogP contribution < -0.4 is 10.6 Å². The molecule has 0 spiro atoms. The van der Waals surface area contributed by atoms with Gasteiger partial charge in [-0.2, -0.15) is 0 Å². The molecule has 1 aromatic rings. The fourth-order valence-electron chi connectivity index (χ4n) is 1.96. The number of nitrogens with zero attached hydrogens (tertiary/aromatic N) is 2. The zero-order valence-electron chi connectivity index (χ0n) is 10.1. The van der Waals surface area contributed by atoms with E-state index in [4.69, 9.17) is 10.5 Å². The van der Waals surface area contributed by atoms with Gasteiger partial charge < -0.3 is 15.4 Å². The molecule has 0 aliphatic carbocycles. The van der Waals surface area contributed by atoms with Crippen LogP contribution in [0.2, 0.25) is 0 Å². The second-order valence-corrected chi connectivity index (χ2v) is 4.61. The smallest absolute Gasteiger partial charge is 0.236 e. The van der Waals surface area contributed by atoms with Crippen molar-refractivity contribution in [1.29, 1.82) is 0 Å². The molecule has 92 valence electrons. The van der Waals surface area contributed by atoms with Gasteiger partial charge in [0, 0.05) is 19.3 Å². The first kappa shape index (κ1) is 12.0. The quantitative estimate of drug-likeness (QED) is 0.806. The van der Waals surface area contributed by atoms with Crippen molar-refractivity contribution in [2.75, 3.05) is 25.2 Å². The number of carbonyl (C=O) groups excluding carboxylic acids is 1. The SMILES string of the molecule is CN(C(=O)C1(C)COCC1N)c1cccnc1. The number of ether oxygens (including phenoxy) is 1. The molecule has 0 aromatic carbocycles. The number of aromatic nitrogens is 1. The van der Waals surface area contributed by atoms with Gasteiger partial charge in [-0.15, -0.1) is 0 Å². The first-order valence-electron chi connectivity index (χ1n) is 5.57. The van der Waals surface area contributed by atoms with Gasteiger partial charge in [0.15, 0.2) is 0 Å². The lowest BCUT2D eigenvalue weighted by Gasteiger charge is -2.30. The van der Waals surface area contributed by atoms with E-state index in [1.165, 1.54) is 0 Å². The van der Waals surface area contributed by atoms with E-state index in [1.807, 2.05) is 13.0 Å². The average molecular weight is 235 g/mol. The van der Waals surface area contributed by atoms with E-state index in [9.17, 15) is 4.79 Å². The lowest BCUT2D eigenvalue weighted by molar-refractivity contribution is -0.127. The third-order valence-corrected chi connectivity index (χ3v) is 3.34. The minimum absolute atomic E-state index is 0.0319. The Bertz CT molecular complexity index is 409. The first-order chi connectivity index (χ1) is 8.05. The van der Waals surface area contributed by atoms with Crippen molar-refractivity contribution in [3.8, 4) is 0 Å². The molecule has 5 nitrogen and oxygen atoms in total. The molecule has 1 fully saturated rings. The van der Waals surface area contributed by atoms with Crippen LogP contribution in [0, 0.1) is 5.41 Å². The van der Waals surface area contributed by atoms with Gasteiger partial charge in [-0.25, -0.2) is 0 Å². The van der Waals surface area contributed by atoms with Crippen LogP contribution in [0.25, 0.3) is 0 Å². The Balaban J connectivity index is 2.21. The second kappa shape index (κ2) is 4.43. The minimum Gasteiger partial charge on any atom is -0.379 e. The van der Waals surface area contributed by atoms with E-state index in [2.05, 4.69) is 4.98 Å². The lowest BCUT2D eigenvalue weighted by Crippen LogP contribution is -2.50. The van der Waals surface area contributed by atoms with E-state index >= 15 is 0 Å². The van der Waals surface area contributed by atoms with Crippen LogP contribution in [0.4, 0.5) is 5.69 Å². The molecule has 0 saturated carbocycles. The number of hydrogen-bond donors (Lipinski definition) is 1. The number of amides is 1. The number of pyridine rings is 1. The minimum atomic E-state index is -0.648. The molecule has 2 heterocycles. The lowest BCUT2D eigenvalue weighted by atomic mass is 9.84. The van der Waals surface area contributed by atoms with Crippen LogP contribution in [-0.4, -0.2) is 37.2 Å². The summed E-state index contributed by atoms with van der Waals surface area (Å²) in [5.41, 5.74) is 6.06. The third kappa shape index (κ3) is 2.03. The molecule has 5 heteroatoms. The predicted molar refractivity (Wildman–Crippen MR) is 64.5 cm³/mol. The molecule has 1 amide bonds. The number of anilines is 1. The molecule has 1 aliphatic rings. The fourth-order valence-corrected chi connectivity index (χ4v) is 1.96. The molecular formula is C12H17N3O2. The van der Waals surface area contributed by atoms with Crippen LogP contribution in [0.3, 0.4) is 0 Å². The third-order valence-electron chi connectivity index (χ3n) is 3.34. The summed E-state index contributed by atoms with van der Waals surface area (Å²) in [4.78, 5) is 18.0. The van der Waals surface area contributed by atoms with E-state index < -0.39 is 5.41 Å². The van der Waals surface area contributed by atoms with Gasteiger partial charge in [0.1, 0.15) is 0 Å². The Morgan fingerprint density at radius 1 is 1.71 bits per heavy atom. The highest BCUT2D eigenvalue weighted by Crippen LogP contribution is 2.30. The van der Waals surface area contributed by atoms with E-state index in [0.29, 0.717) is 13.2 Å². The van der Waals surface area contributed by atoms with Gasteiger partial charge in [0.25, 0.3) is 0 Å². The first-order valence-corrected chi connectivity index (χ1v) is 5.57. The van der Waals surface area contributed by atoms with Gasteiger partial charge in [-0.3, -0.25) is 9.78 Å². The summed E-state index contributed by atoms with van der Waals surface area (Å²) in [5.74, 6) is -0.0319. The van der Waals surface area contributed by atoms with Crippen LogP contribution >= 0.6 is 0 Å². The van der Waals surface area contributed by atoms with Gasteiger partial charge in [0.2, 0.25) is 5.91 Å². The van der Waals surface area contributed by atoms with E-state index in [1.54, 1.807) is 30.4 Å². The molecule has 2 rings (SSSR count). The molecule has 2 atom stereocenters. The Kier molecular flexibility index (Phi) is 3.13. The predicted octanol–water partition coefficient (Wildman–Crippen LogP) is 0.408. The maximum atomic E-state index is 12.4. The van der Waals surface area contributed by atoms with Gasteiger partial charge >= 0.3 is 0 Å². The van der Waals surface area contributed by atoms with Gasteiger partial charge in [0.05, 0.1) is 30.5 Å². The standard InChI is InChI=1S/C12H17N3O2/c1-12(8-17-7-10(12)13)11(16)15(2)9-4-3-5-14-6-9/h3-6,10H,7-8,13H2,1-2H3. The Morgan fingerprint density at radius 3 is 3.00 bits per heavy atom. The average Bonchev–Trinajstić information content (AvgIpc) is 2.70. The Hall–Kier alpha value is -1.46. The van der Waals surface area contributed by atoms with Crippen LogP contribution in [0.1, 0.15) is 6.92 Å². The topological polar surface area (TPSA) is 68.5 Å². The van der Waals surface area contributed by atoms with Crippen molar-refractivity contribution in [2.24, 2.45) is 11.1 Å². The molecule has 17 heavy (non-hydrogen) atoms. The van der Waals surface area contributed by atoms with Crippen molar-refractivity contribution < 1.29 is 9.53 Å². The molecule has 2 unspecified atom stereocenters. The molecule has 0 radical (unpaired) electrons. The monoisotopic (exact) mass is 235 g/mol. The maximum absolute atomic E-state index is 12.4. The summed E-state index contributed by atoms with van der Waals surface area (Å²) in [6.45, 7) is 2.65. The zero-order chi connectivity index (χ0) is 12.5. The van der Waals surface area contributed by atoms with E-state index in [-0.39, 0.29) is 11.9 Å². The van der Waals surface area contributed by atoms with Crippen molar-refractivity contribution in [3.05, 3.63) is 24.5 Å². The van der Waals surface area contributed by atoms with Crippen molar-refractivity contribution in [2.45, 2.75) is 13.0 Å². The van der Waals surface area contributed by atoms with Crippen LogP contribution in [-0.2, 0) is 9.53 Å². The summed E-state index contributed by atoms with van der Waals surface area (Å²) < 4.78 is 5.29. The molecular weight excluding hydrogens is 218 g/mol. The highest BCUT2D eigenvalue weighted by atomic mass is 16.5. The maximum Gasteiger partial charge on any atom is 0.236 e. The van der Waals surface area contributed by atoms with E-state index in [0.717, 1.165) is 5.69 Å². The Morgan fingerprint density at radius 2 is 2.47 bits per heavy atom. The summed E-state index contributed by atoms with van der Waals surface area (Å²) in [7, 11) is 1.73. The summed E-state index contributed by atoms with van der Waals surface area (Å²) in [6, 6.07) is 3.39. The van der Waals surface area contributed by atoms with Crippen molar-refractivity contribution >= 4 is 11.6 Å². The highest BCUT2D eigenvalue weighted by molar-refractivity contribution is 5.97.